The average Bonchev–Trinajstić information content (AvgIpc) is 3.06. The monoisotopic (exact) mass is 444 g/mol. The summed E-state index contributed by atoms with van der Waals surface area (Å²) in [5, 5.41) is 4.53. The van der Waals surface area contributed by atoms with E-state index in [4.69, 9.17) is 14.7 Å². The average molecular weight is 445 g/mol. The number of fused-ring (bicyclic) bond motifs is 1. The lowest BCUT2D eigenvalue weighted by molar-refractivity contribution is 0.383. The molecule has 0 saturated carbocycles. The fourth-order valence-corrected chi connectivity index (χ4v) is 5.27. The van der Waals surface area contributed by atoms with Gasteiger partial charge in [0.05, 0.1) is 17.7 Å². The van der Waals surface area contributed by atoms with Crippen LogP contribution in [-0.4, -0.2) is 65.8 Å². The SMILES string of the molecule is COc1ccc(S(=O)(=O)N2CCN(c3nc(C(C)C)nc4c(C)nn(C)c34)CC2)cc1. The molecule has 2 aromatic heterocycles. The van der Waals surface area contributed by atoms with E-state index < -0.39 is 10.0 Å². The molecule has 3 heterocycles. The molecule has 0 bridgehead atoms. The lowest BCUT2D eigenvalue weighted by atomic mass is 10.2. The van der Waals surface area contributed by atoms with Crippen LogP contribution < -0.4 is 9.64 Å². The second-order valence-electron chi connectivity index (χ2n) is 8.03. The number of hydrogen-bond donors (Lipinski definition) is 0. The second-order valence-corrected chi connectivity index (χ2v) is 9.97. The van der Waals surface area contributed by atoms with Crippen LogP contribution in [0.25, 0.3) is 11.0 Å². The fourth-order valence-electron chi connectivity index (χ4n) is 3.85. The molecule has 0 amide bonds. The fraction of sp³-hybridized carbons (Fsp3) is 0.476. The molecule has 4 rings (SSSR count). The van der Waals surface area contributed by atoms with Gasteiger partial charge >= 0.3 is 0 Å². The summed E-state index contributed by atoms with van der Waals surface area (Å²) in [6.07, 6.45) is 0. The zero-order valence-corrected chi connectivity index (χ0v) is 19.3. The zero-order chi connectivity index (χ0) is 22.3. The first kappa shape index (κ1) is 21.5. The molecule has 10 heteroatoms. The maximum Gasteiger partial charge on any atom is 0.243 e. The molecule has 0 N–H and O–H groups in total. The van der Waals surface area contributed by atoms with Gasteiger partial charge in [0.2, 0.25) is 10.0 Å². The quantitative estimate of drug-likeness (QED) is 0.596. The summed E-state index contributed by atoms with van der Waals surface area (Å²) in [5.74, 6) is 2.40. The summed E-state index contributed by atoms with van der Waals surface area (Å²) in [6, 6.07) is 6.50. The molecule has 1 saturated heterocycles. The third kappa shape index (κ3) is 3.85. The lowest BCUT2D eigenvalue weighted by Crippen LogP contribution is -2.49. The summed E-state index contributed by atoms with van der Waals surface area (Å²) in [5.41, 5.74) is 2.60. The second kappa shape index (κ2) is 8.08. The van der Waals surface area contributed by atoms with Crippen molar-refractivity contribution in [1.82, 2.24) is 24.1 Å². The Balaban J connectivity index is 1.61. The first-order valence-electron chi connectivity index (χ1n) is 10.3. The van der Waals surface area contributed by atoms with Crippen LogP contribution in [0.15, 0.2) is 29.2 Å². The minimum Gasteiger partial charge on any atom is -0.497 e. The summed E-state index contributed by atoms with van der Waals surface area (Å²) in [6.45, 7) is 7.93. The van der Waals surface area contributed by atoms with Crippen molar-refractivity contribution in [3.05, 3.63) is 35.8 Å². The van der Waals surface area contributed by atoms with Crippen molar-refractivity contribution in [2.75, 3.05) is 38.2 Å². The van der Waals surface area contributed by atoms with E-state index in [1.54, 1.807) is 31.4 Å². The van der Waals surface area contributed by atoms with Crippen LogP contribution in [0.4, 0.5) is 5.82 Å². The number of rotatable bonds is 5. The van der Waals surface area contributed by atoms with E-state index in [-0.39, 0.29) is 10.8 Å². The summed E-state index contributed by atoms with van der Waals surface area (Å²) >= 11 is 0. The summed E-state index contributed by atoms with van der Waals surface area (Å²) in [7, 11) is -0.113. The van der Waals surface area contributed by atoms with E-state index >= 15 is 0 Å². The number of aromatic nitrogens is 4. The number of ether oxygens (including phenoxy) is 1. The normalized spacial score (nSPS) is 15.7. The summed E-state index contributed by atoms with van der Waals surface area (Å²) < 4.78 is 34.6. The van der Waals surface area contributed by atoms with Crippen molar-refractivity contribution < 1.29 is 13.2 Å². The molecule has 1 aliphatic heterocycles. The first-order valence-corrected chi connectivity index (χ1v) is 11.8. The van der Waals surface area contributed by atoms with Gasteiger partial charge in [0, 0.05) is 39.1 Å². The molecule has 0 spiro atoms. The number of piperazine rings is 1. The van der Waals surface area contributed by atoms with Crippen LogP contribution >= 0.6 is 0 Å². The molecule has 0 atom stereocenters. The van der Waals surface area contributed by atoms with Crippen LogP contribution in [0.5, 0.6) is 5.75 Å². The largest absolute Gasteiger partial charge is 0.497 e. The molecule has 1 aromatic carbocycles. The third-order valence-corrected chi connectivity index (χ3v) is 7.51. The van der Waals surface area contributed by atoms with Gasteiger partial charge in [0.25, 0.3) is 0 Å². The van der Waals surface area contributed by atoms with E-state index in [0.29, 0.717) is 31.9 Å². The Labute approximate surface area is 182 Å². The highest BCUT2D eigenvalue weighted by Gasteiger charge is 2.30. The number of hydrogen-bond acceptors (Lipinski definition) is 7. The predicted molar refractivity (Wildman–Crippen MR) is 119 cm³/mol. The van der Waals surface area contributed by atoms with Gasteiger partial charge < -0.3 is 9.64 Å². The van der Waals surface area contributed by atoms with Crippen molar-refractivity contribution in [2.24, 2.45) is 7.05 Å². The van der Waals surface area contributed by atoms with Gasteiger partial charge in [-0.1, -0.05) is 13.8 Å². The van der Waals surface area contributed by atoms with E-state index in [1.165, 1.54) is 4.31 Å². The first-order chi connectivity index (χ1) is 14.7. The molecule has 1 fully saturated rings. The Hall–Kier alpha value is -2.72. The number of aryl methyl sites for hydroxylation is 2. The van der Waals surface area contributed by atoms with Crippen LogP contribution in [0.1, 0.15) is 31.3 Å². The Bertz CT molecular complexity index is 1200. The van der Waals surface area contributed by atoms with Crippen molar-refractivity contribution >= 4 is 26.9 Å². The highest BCUT2D eigenvalue weighted by Crippen LogP contribution is 2.29. The van der Waals surface area contributed by atoms with Gasteiger partial charge in [-0.2, -0.15) is 9.40 Å². The van der Waals surface area contributed by atoms with Crippen molar-refractivity contribution in [1.29, 1.82) is 0 Å². The van der Waals surface area contributed by atoms with E-state index in [1.807, 2.05) is 18.7 Å². The molecule has 9 nitrogen and oxygen atoms in total. The van der Waals surface area contributed by atoms with Crippen LogP contribution in [0, 0.1) is 6.92 Å². The van der Waals surface area contributed by atoms with Gasteiger partial charge in [-0.15, -0.1) is 0 Å². The lowest BCUT2D eigenvalue weighted by Gasteiger charge is -2.35. The molecule has 31 heavy (non-hydrogen) atoms. The zero-order valence-electron chi connectivity index (χ0n) is 18.5. The van der Waals surface area contributed by atoms with Gasteiger partial charge in [0.1, 0.15) is 22.6 Å². The molecule has 0 unspecified atom stereocenters. The van der Waals surface area contributed by atoms with Crippen LogP contribution in [0.2, 0.25) is 0 Å². The maximum atomic E-state index is 13.1. The van der Waals surface area contributed by atoms with Crippen molar-refractivity contribution in [3.8, 4) is 5.75 Å². The Morgan fingerprint density at radius 3 is 2.26 bits per heavy atom. The number of anilines is 1. The molecular formula is C21H28N6O3S. The van der Waals surface area contributed by atoms with Crippen molar-refractivity contribution in [2.45, 2.75) is 31.6 Å². The molecule has 3 aromatic rings. The van der Waals surface area contributed by atoms with Gasteiger partial charge in [-0.25, -0.2) is 18.4 Å². The van der Waals surface area contributed by atoms with Gasteiger partial charge in [0.15, 0.2) is 5.82 Å². The molecule has 166 valence electrons. The standard InChI is InChI=1S/C21H28N6O3S/c1-14(2)20-22-18-15(3)24-25(4)19(18)21(23-20)26-10-12-27(13-11-26)31(28,29)17-8-6-16(30-5)7-9-17/h6-9,14H,10-13H2,1-5H3. The third-order valence-electron chi connectivity index (χ3n) is 5.60. The number of sulfonamides is 1. The Morgan fingerprint density at radius 2 is 1.68 bits per heavy atom. The minimum atomic E-state index is -3.56. The maximum absolute atomic E-state index is 13.1. The highest BCUT2D eigenvalue weighted by molar-refractivity contribution is 7.89. The predicted octanol–water partition coefficient (Wildman–Crippen LogP) is 2.31. The molecule has 1 aliphatic rings. The number of nitrogens with zero attached hydrogens (tertiary/aromatic N) is 6. The Morgan fingerprint density at radius 1 is 1.03 bits per heavy atom. The Kier molecular flexibility index (Phi) is 5.61. The van der Waals surface area contributed by atoms with Crippen LogP contribution in [0.3, 0.4) is 0 Å². The molecular weight excluding hydrogens is 416 g/mol. The molecule has 0 aliphatic carbocycles. The minimum absolute atomic E-state index is 0.180. The van der Waals surface area contributed by atoms with E-state index in [2.05, 4.69) is 23.8 Å². The number of methoxy groups -OCH3 is 1. The van der Waals surface area contributed by atoms with Gasteiger partial charge in [-0.05, 0) is 31.2 Å². The van der Waals surface area contributed by atoms with Crippen LogP contribution in [-0.2, 0) is 17.1 Å². The summed E-state index contributed by atoms with van der Waals surface area (Å²) in [4.78, 5) is 12.0. The van der Waals surface area contributed by atoms with E-state index in [0.717, 1.165) is 28.4 Å². The number of benzene rings is 1. The van der Waals surface area contributed by atoms with Crippen molar-refractivity contribution in [3.63, 3.8) is 0 Å². The smallest absolute Gasteiger partial charge is 0.243 e. The highest BCUT2D eigenvalue weighted by atomic mass is 32.2. The molecule has 0 radical (unpaired) electrons. The van der Waals surface area contributed by atoms with E-state index in [9.17, 15) is 8.42 Å². The van der Waals surface area contributed by atoms with Gasteiger partial charge in [-0.3, -0.25) is 4.68 Å². The topological polar surface area (TPSA) is 93.5 Å².